The van der Waals surface area contributed by atoms with E-state index in [2.05, 4.69) is 15.0 Å². The van der Waals surface area contributed by atoms with Crippen LogP contribution in [-0.4, -0.2) is 73.3 Å². The number of ether oxygens (including phenoxy) is 1. The highest BCUT2D eigenvalue weighted by Crippen LogP contribution is 2.17. The zero-order valence-electron chi connectivity index (χ0n) is 10.9. The molecule has 0 aromatic heterocycles. The van der Waals surface area contributed by atoms with Gasteiger partial charge in [-0.2, -0.15) is 0 Å². The van der Waals surface area contributed by atoms with E-state index in [1.807, 2.05) is 0 Å². The Balaban J connectivity index is 1.64. The minimum Gasteiger partial charge on any atom is -0.409 e. The van der Waals surface area contributed by atoms with Gasteiger partial charge in [0.15, 0.2) is 0 Å². The third-order valence-corrected chi connectivity index (χ3v) is 3.96. The minimum absolute atomic E-state index is 0.259. The monoisotopic (exact) mass is 256 g/mol. The first-order valence-electron chi connectivity index (χ1n) is 6.79. The second-order valence-corrected chi connectivity index (χ2v) is 5.09. The molecule has 2 fully saturated rings. The van der Waals surface area contributed by atoms with Gasteiger partial charge in [-0.15, -0.1) is 0 Å². The Morgan fingerprint density at radius 2 is 1.67 bits per heavy atom. The molecule has 0 bridgehead atoms. The normalized spacial score (nSPS) is 25.4. The molecule has 2 aliphatic rings. The fourth-order valence-corrected chi connectivity index (χ4v) is 2.64. The lowest BCUT2D eigenvalue weighted by Gasteiger charge is -2.34. The van der Waals surface area contributed by atoms with Crippen molar-refractivity contribution in [1.82, 2.24) is 9.80 Å². The van der Waals surface area contributed by atoms with Crippen LogP contribution in [0.5, 0.6) is 0 Å². The predicted molar refractivity (Wildman–Crippen MR) is 69.8 cm³/mol. The molecular formula is C12H24N4O2. The van der Waals surface area contributed by atoms with E-state index in [4.69, 9.17) is 15.7 Å². The van der Waals surface area contributed by atoms with Crippen molar-refractivity contribution < 1.29 is 9.94 Å². The van der Waals surface area contributed by atoms with Gasteiger partial charge < -0.3 is 20.6 Å². The average molecular weight is 256 g/mol. The van der Waals surface area contributed by atoms with E-state index in [1.54, 1.807) is 0 Å². The number of piperidine rings is 1. The van der Waals surface area contributed by atoms with E-state index in [1.165, 1.54) is 0 Å². The maximum absolute atomic E-state index is 8.66. The molecule has 0 radical (unpaired) electrons. The van der Waals surface area contributed by atoms with Crippen LogP contribution < -0.4 is 5.73 Å². The Kier molecular flexibility index (Phi) is 5.22. The maximum atomic E-state index is 8.66. The smallest absolute Gasteiger partial charge is 0.142 e. The molecular weight excluding hydrogens is 232 g/mol. The SMILES string of the molecule is NC(=NO)C1CCN(CCN2CCOCC2)CC1. The van der Waals surface area contributed by atoms with Crippen LogP contribution in [0.2, 0.25) is 0 Å². The van der Waals surface area contributed by atoms with Crippen molar-refractivity contribution in [2.45, 2.75) is 12.8 Å². The number of hydrogen-bond donors (Lipinski definition) is 2. The van der Waals surface area contributed by atoms with Gasteiger partial charge in [0.2, 0.25) is 0 Å². The van der Waals surface area contributed by atoms with Crippen LogP contribution >= 0.6 is 0 Å². The number of amidine groups is 1. The van der Waals surface area contributed by atoms with Crippen molar-refractivity contribution in [3.8, 4) is 0 Å². The Morgan fingerprint density at radius 1 is 1.11 bits per heavy atom. The van der Waals surface area contributed by atoms with Crippen molar-refractivity contribution in [2.24, 2.45) is 16.8 Å². The summed E-state index contributed by atoms with van der Waals surface area (Å²) in [6.07, 6.45) is 2.00. The highest BCUT2D eigenvalue weighted by molar-refractivity contribution is 5.82. The molecule has 0 atom stereocenters. The van der Waals surface area contributed by atoms with Crippen molar-refractivity contribution in [3.63, 3.8) is 0 Å². The molecule has 6 heteroatoms. The van der Waals surface area contributed by atoms with Crippen LogP contribution in [0.25, 0.3) is 0 Å². The lowest BCUT2D eigenvalue weighted by molar-refractivity contribution is 0.0320. The van der Waals surface area contributed by atoms with Crippen LogP contribution in [0.4, 0.5) is 0 Å². The van der Waals surface area contributed by atoms with Crippen LogP contribution in [0.15, 0.2) is 5.16 Å². The number of rotatable bonds is 4. The number of likely N-dealkylation sites (tertiary alicyclic amines) is 1. The van der Waals surface area contributed by atoms with Crippen LogP contribution in [0.3, 0.4) is 0 Å². The van der Waals surface area contributed by atoms with Gasteiger partial charge >= 0.3 is 0 Å². The lowest BCUT2D eigenvalue weighted by atomic mass is 9.96. The van der Waals surface area contributed by atoms with Gasteiger partial charge in [-0.3, -0.25) is 4.90 Å². The molecule has 0 spiro atoms. The van der Waals surface area contributed by atoms with Gasteiger partial charge in [0.25, 0.3) is 0 Å². The number of hydrogen-bond acceptors (Lipinski definition) is 5. The van der Waals surface area contributed by atoms with E-state index >= 15 is 0 Å². The molecule has 2 aliphatic heterocycles. The number of nitrogens with two attached hydrogens (primary N) is 1. The zero-order chi connectivity index (χ0) is 12.8. The van der Waals surface area contributed by atoms with Gasteiger partial charge in [-0.05, 0) is 25.9 Å². The summed E-state index contributed by atoms with van der Waals surface area (Å²) in [6, 6.07) is 0. The maximum Gasteiger partial charge on any atom is 0.142 e. The zero-order valence-corrected chi connectivity index (χ0v) is 10.9. The Labute approximate surface area is 108 Å². The summed E-state index contributed by atoms with van der Waals surface area (Å²) in [5.74, 6) is 0.650. The number of oxime groups is 1. The summed E-state index contributed by atoms with van der Waals surface area (Å²) in [6.45, 7) is 8.18. The molecule has 6 nitrogen and oxygen atoms in total. The Hall–Kier alpha value is -0.850. The fourth-order valence-electron chi connectivity index (χ4n) is 2.64. The van der Waals surface area contributed by atoms with E-state index < -0.39 is 0 Å². The third kappa shape index (κ3) is 3.83. The van der Waals surface area contributed by atoms with Crippen LogP contribution in [-0.2, 0) is 4.74 Å². The lowest BCUT2D eigenvalue weighted by Crippen LogP contribution is -2.44. The van der Waals surface area contributed by atoms with Gasteiger partial charge in [-0.25, -0.2) is 0 Å². The highest BCUT2D eigenvalue weighted by Gasteiger charge is 2.22. The molecule has 2 heterocycles. The highest BCUT2D eigenvalue weighted by atomic mass is 16.5. The van der Waals surface area contributed by atoms with Gasteiger partial charge in [0.1, 0.15) is 5.84 Å². The first-order valence-corrected chi connectivity index (χ1v) is 6.79. The molecule has 0 amide bonds. The molecule has 0 aromatic rings. The largest absolute Gasteiger partial charge is 0.409 e. The summed E-state index contributed by atoms with van der Waals surface area (Å²) in [5, 5.41) is 11.8. The summed E-state index contributed by atoms with van der Waals surface area (Å²) < 4.78 is 5.34. The molecule has 2 rings (SSSR count). The topological polar surface area (TPSA) is 74.3 Å². The molecule has 3 N–H and O–H groups in total. The molecule has 0 aliphatic carbocycles. The summed E-state index contributed by atoms with van der Waals surface area (Å²) in [7, 11) is 0. The van der Waals surface area contributed by atoms with Crippen molar-refractivity contribution >= 4 is 5.84 Å². The molecule has 2 saturated heterocycles. The van der Waals surface area contributed by atoms with E-state index in [0.717, 1.165) is 65.3 Å². The van der Waals surface area contributed by atoms with Crippen LogP contribution in [0, 0.1) is 5.92 Å². The van der Waals surface area contributed by atoms with Gasteiger partial charge in [-0.1, -0.05) is 5.16 Å². The second kappa shape index (κ2) is 6.92. The summed E-state index contributed by atoms with van der Waals surface area (Å²) in [5.41, 5.74) is 5.64. The minimum atomic E-state index is 0.259. The predicted octanol–water partition coefficient (Wildman–Crippen LogP) is -0.223. The molecule has 0 saturated carbocycles. The first kappa shape index (κ1) is 13.6. The standard InChI is InChI=1S/C12H24N4O2/c13-12(14-17)11-1-3-15(4-2-11)5-6-16-7-9-18-10-8-16/h11,17H,1-10H2,(H2,13,14). The number of morpholine rings is 1. The fraction of sp³-hybridized carbons (Fsp3) is 0.917. The van der Waals surface area contributed by atoms with E-state index in [0.29, 0.717) is 5.84 Å². The van der Waals surface area contributed by atoms with Gasteiger partial charge in [0, 0.05) is 32.1 Å². The Bertz CT molecular complexity index is 271. The molecule has 18 heavy (non-hydrogen) atoms. The van der Waals surface area contributed by atoms with Crippen molar-refractivity contribution in [2.75, 3.05) is 52.5 Å². The summed E-state index contributed by atoms with van der Waals surface area (Å²) in [4.78, 5) is 4.93. The molecule has 104 valence electrons. The summed E-state index contributed by atoms with van der Waals surface area (Å²) >= 11 is 0. The van der Waals surface area contributed by atoms with Crippen LogP contribution in [0.1, 0.15) is 12.8 Å². The van der Waals surface area contributed by atoms with Gasteiger partial charge in [0.05, 0.1) is 13.2 Å². The average Bonchev–Trinajstić information content (AvgIpc) is 2.46. The Morgan fingerprint density at radius 3 is 2.22 bits per heavy atom. The van der Waals surface area contributed by atoms with E-state index in [9.17, 15) is 0 Å². The quantitative estimate of drug-likeness (QED) is 0.315. The van der Waals surface area contributed by atoms with Crippen molar-refractivity contribution in [1.29, 1.82) is 0 Å². The first-order chi connectivity index (χ1) is 8.79. The second-order valence-electron chi connectivity index (χ2n) is 5.09. The third-order valence-electron chi connectivity index (χ3n) is 3.96. The van der Waals surface area contributed by atoms with Crippen molar-refractivity contribution in [3.05, 3.63) is 0 Å². The molecule has 0 aromatic carbocycles. The molecule has 0 unspecified atom stereocenters. The number of nitrogens with zero attached hydrogens (tertiary/aromatic N) is 3. The van der Waals surface area contributed by atoms with E-state index in [-0.39, 0.29) is 5.92 Å².